The van der Waals surface area contributed by atoms with Crippen molar-refractivity contribution in [3.05, 3.63) is 23.7 Å². The van der Waals surface area contributed by atoms with Gasteiger partial charge in [-0.1, -0.05) is 9.59 Å². The molecule has 0 saturated heterocycles. The van der Waals surface area contributed by atoms with Gasteiger partial charge in [0.05, 0.1) is 6.54 Å². The van der Waals surface area contributed by atoms with Crippen molar-refractivity contribution in [1.29, 1.82) is 0 Å². The van der Waals surface area contributed by atoms with Crippen molar-refractivity contribution < 1.29 is 19.1 Å². The monoisotopic (exact) mass is 269 g/mol. The average Bonchev–Trinajstić information content (AvgIpc) is 2.96. The average molecular weight is 269 g/mol. The van der Waals surface area contributed by atoms with Crippen molar-refractivity contribution in [2.75, 3.05) is 5.32 Å². The van der Waals surface area contributed by atoms with Crippen LogP contribution in [-0.4, -0.2) is 31.9 Å². The van der Waals surface area contributed by atoms with Crippen LogP contribution < -0.4 is 10.6 Å². The normalized spacial score (nSPS) is 10.0. The van der Waals surface area contributed by atoms with E-state index in [2.05, 4.69) is 25.4 Å². The molecule has 10 heteroatoms. The van der Waals surface area contributed by atoms with Gasteiger partial charge in [-0.2, -0.15) is 0 Å². The number of amides is 2. The van der Waals surface area contributed by atoms with Crippen LogP contribution in [0.5, 0.6) is 0 Å². The molecule has 0 radical (unpaired) electrons. The van der Waals surface area contributed by atoms with Crippen molar-refractivity contribution in [3.8, 4) is 0 Å². The maximum absolute atomic E-state index is 11.4. The van der Waals surface area contributed by atoms with E-state index < -0.39 is 12.0 Å². The Kier molecular flexibility index (Phi) is 3.48. The van der Waals surface area contributed by atoms with E-state index in [1.807, 2.05) is 0 Å². The minimum Gasteiger partial charge on any atom is -0.475 e. The number of aromatic carboxylic acids is 1. The summed E-state index contributed by atoms with van der Waals surface area (Å²) in [7, 11) is 0. The van der Waals surface area contributed by atoms with Crippen molar-refractivity contribution >= 4 is 28.7 Å². The third-order valence-electron chi connectivity index (χ3n) is 1.82. The summed E-state index contributed by atoms with van der Waals surface area (Å²) in [6, 6.07) is 2.27. The molecule has 2 amide bonds. The van der Waals surface area contributed by atoms with Crippen LogP contribution in [0.25, 0.3) is 0 Å². The number of nitrogens with one attached hydrogen (secondary N) is 2. The molecule has 9 nitrogen and oxygen atoms in total. The molecule has 0 aromatic carbocycles. The molecular formula is C8H7N5O4S. The van der Waals surface area contributed by atoms with Crippen molar-refractivity contribution in [2.45, 2.75) is 6.54 Å². The summed E-state index contributed by atoms with van der Waals surface area (Å²) in [5.74, 6) is -1.01. The van der Waals surface area contributed by atoms with Gasteiger partial charge in [-0.3, -0.25) is 5.32 Å². The largest absolute Gasteiger partial charge is 0.475 e. The minimum absolute atomic E-state index is 0.0609. The lowest BCUT2D eigenvalue weighted by Gasteiger charge is -2.02. The Morgan fingerprint density at radius 3 is 2.89 bits per heavy atom. The van der Waals surface area contributed by atoms with Crippen LogP contribution in [0.15, 0.2) is 16.5 Å². The summed E-state index contributed by atoms with van der Waals surface area (Å²) in [4.78, 5) is 21.9. The number of hydrogen-bond acceptors (Lipinski definition) is 7. The molecule has 0 atom stereocenters. The second kappa shape index (κ2) is 5.23. The van der Waals surface area contributed by atoms with E-state index in [0.29, 0.717) is 5.76 Å². The molecule has 0 aliphatic heterocycles. The highest BCUT2D eigenvalue weighted by molar-refractivity contribution is 7.09. The Morgan fingerprint density at radius 1 is 1.44 bits per heavy atom. The fourth-order valence-electron chi connectivity index (χ4n) is 1.08. The highest BCUT2D eigenvalue weighted by atomic mass is 32.1. The molecule has 0 aliphatic carbocycles. The highest BCUT2D eigenvalue weighted by Gasteiger charge is 2.10. The van der Waals surface area contributed by atoms with Gasteiger partial charge in [0.2, 0.25) is 10.9 Å². The smallest absolute Gasteiger partial charge is 0.371 e. The molecule has 3 N–H and O–H groups in total. The zero-order chi connectivity index (χ0) is 13.0. The maximum Gasteiger partial charge on any atom is 0.371 e. The first-order valence-corrected chi connectivity index (χ1v) is 5.44. The predicted octanol–water partition coefficient (Wildman–Crippen LogP) is 0.546. The number of carboxylic acids is 1. The Bertz CT molecular complexity index is 552. The number of rotatable bonds is 4. The fraction of sp³-hybridized carbons (Fsp3) is 0.125. The van der Waals surface area contributed by atoms with E-state index in [1.54, 1.807) is 0 Å². The van der Waals surface area contributed by atoms with Crippen LogP contribution in [0.1, 0.15) is 16.3 Å². The van der Waals surface area contributed by atoms with Crippen LogP contribution in [0, 0.1) is 0 Å². The van der Waals surface area contributed by atoms with Gasteiger partial charge in [-0.05, 0) is 17.3 Å². The molecule has 0 fully saturated rings. The van der Waals surface area contributed by atoms with Gasteiger partial charge in [0, 0.05) is 11.5 Å². The van der Waals surface area contributed by atoms with Crippen LogP contribution in [-0.2, 0) is 6.54 Å². The molecule has 2 heterocycles. The van der Waals surface area contributed by atoms with Gasteiger partial charge in [0.1, 0.15) is 5.76 Å². The molecular weight excluding hydrogens is 262 g/mol. The van der Waals surface area contributed by atoms with Crippen LogP contribution in [0.4, 0.5) is 9.93 Å². The van der Waals surface area contributed by atoms with Crippen LogP contribution in [0.3, 0.4) is 0 Å². The van der Waals surface area contributed by atoms with Gasteiger partial charge in [-0.15, -0.1) is 0 Å². The summed E-state index contributed by atoms with van der Waals surface area (Å²) < 4.78 is 8.42. The summed E-state index contributed by atoms with van der Waals surface area (Å²) in [5.41, 5.74) is 0. The molecule has 2 rings (SSSR count). The van der Waals surface area contributed by atoms with E-state index in [1.165, 1.54) is 12.1 Å². The topological polar surface area (TPSA) is 130 Å². The summed E-state index contributed by atoms with van der Waals surface area (Å²) in [5, 5.41) is 20.6. The summed E-state index contributed by atoms with van der Waals surface area (Å²) in [6.45, 7) is 0.0609. The molecule has 94 valence electrons. The number of hydrogen-bond donors (Lipinski definition) is 3. The molecule has 2 aromatic rings. The van der Waals surface area contributed by atoms with E-state index in [4.69, 9.17) is 9.52 Å². The van der Waals surface area contributed by atoms with Gasteiger partial charge < -0.3 is 14.8 Å². The third kappa shape index (κ3) is 3.01. The number of carboxylic acid groups (broad SMARTS) is 1. The SMILES string of the molecule is O=C(NCc1ccc(C(=O)O)o1)Nc1nnns1. The molecule has 18 heavy (non-hydrogen) atoms. The lowest BCUT2D eigenvalue weighted by atomic mass is 10.4. The Morgan fingerprint density at radius 2 is 2.28 bits per heavy atom. The highest BCUT2D eigenvalue weighted by Crippen LogP contribution is 2.08. The zero-order valence-electron chi connectivity index (χ0n) is 8.78. The quantitative estimate of drug-likeness (QED) is 0.738. The van der Waals surface area contributed by atoms with Gasteiger partial charge in [-0.25, -0.2) is 9.59 Å². The molecule has 0 saturated carbocycles. The number of carbonyl (C=O) groups is 2. The first-order chi connectivity index (χ1) is 8.65. The second-order valence-electron chi connectivity index (χ2n) is 3.05. The van der Waals surface area contributed by atoms with Crippen molar-refractivity contribution in [2.24, 2.45) is 0 Å². The lowest BCUT2D eigenvalue weighted by Crippen LogP contribution is -2.27. The molecule has 0 aliphatic rings. The first-order valence-electron chi connectivity index (χ1n) is 4.67. The number of furan rings is 1. The third-order valence-corrected chi connectivity index (χ3v) is 2.33. The van der Waals surface area contributed by atoms with Gasteiger partial charge >= 0.3 is 12.0 Å². The number of nitrogens with zero attached hydrogens (tertiary/aromatic N) is 3. The molecule has 2 aromatic heterocycles. The fourth-order valence-corrected chi connectivity index (χ4v) is 1.44. The Hall–Kier alpha value is -2.49. The summed E-state index contributed by atoms with van der Waals surface area (Å²) >= 11 is 0.936. The molecule has 0 spiro atoms. The minimum atomic E-state index is -1.16. The van der Waals surface area contributed by atoms with Crippen LogP contribution >= 0.6 is 11.5 Å². The van der Waals surface area contributed by atoms with E-state index >= 15 is 0 Å². The zero-order valence-corrected chi connectivity index (χ0v) is 9.60. The van der Waals surface area contributed by atoms with Crippen molar-refractivity contribution in [1.82, 2.24) is 20.1 Å². The standard InChI is InChI=1S/C8H7N5O4S/c14-6(15)5-2-1-4(17-5)3-9-7(16)10-8-11-12-13-18-8/h1-2H,3H2,(H,14,15)(H2,9,10,11,13,16). The molecule has 0 unspecified atom stereocenters. The van der Waals surface area contributed by atoms with Gasteiger partial charge in [0.25, 0.3) is 0 Å². The first kappa shape index (κ1) is 12.0. The number of aromatic nitrogens is 3. The lowest BCUT2D eigenvalue weighted by molar-refractivity contribution is 0.0660. The second-order valence-corrected chi connectivity index (χ2v) is 3.78. The van der Waals surface area contributed by atoms with Crippen LogP contribution in [0.2, 0.25) is 0 Å². The van der Waals surface area contributed by atoms with E-state index in [9.17, 15) is 9.59 Å². The predicted molar refractivity (Wildman–Crippen MR) is 59.2 cm³/mol. The van der Waals surface area contributed by atoms with Gasteiger partial charge in [0.15, 0.2) is 0 Å². The number of urea groups is 1. The summed E-state index contributed by atoms with van der Waals surface area (Å²) in [6.07, 6.45) is 0. The Balaban J connectivity index is 1.83. The maximum atomic E-state index is 11.4. The number of carbonyl (C=O) groups excluding carboxylic acids is 1. The number of anilines is 1. The van der Waals surface area contributed by atoms with E-state index in [0.717, 1.165) is 11.5 Å². The van der Waals surface area contributed by atoms with E-state index in [-0.39, 0.29) is 17.4 Å². The Labute approximate surface area is 104 Å². The van der Waals surface area contributed by atoms with Crippen molar-refractivity contribution in [3.63, 3.8) is 0 Å². The molecule has 0 bridgehead atoms.